The molecule has 3 heteroatoms. The number of para-hydroxylation sites is 1. The topological polar surface area (TPSA) is 34.4 Å². The molecule has 1 heterocycles. The Kier molecular flexibility index (Phi) is 3.62. The molecule has 0 fully saturated rings. The maximum atomic E-state index is 5.40. The molecule has 16 heavy (non-hydrogen) atoms. The van der Waals surface area contributed by atoms with Gasteiger partial charge in [0, 0.05) is 24.9 Å². The molecule has 1 aromatic carbocycles. The summed E-state index contributed by atoms with van der Waals surface area (Å²) in [6, 6.07) is 11.9. The van der Waals surface area contributed by atoms with Crippen LogP contribution in [0.15, 0.2) is 47.1 Å². The van der Waals surface area contributed by atoms with Crippen molar-refractivity contribution in [3.63, 3.8) is 0 Å². The van der Waals surface area contributed by atoms with E-state index in [-0.39, 0.29) is 0 Å². The molecule has 0 aliphatic carbocycles. The van der Waals surface area contributed by atoms with E-state index in [1.54, 1.807) is 13.4 Å². The van der Waals surface area contributed by atoms with Crippen molar-refractivity contribution in [2.24, 2.45) is 0 Å². The monoisotopic (exact) mass is 217 g/mol. The first-order valence-corrected chi connectivity index (χ1v) is 5.27. The van der Waals surface area contributed by atoms with Crippen molar-refractivity contribution >= 4 is 5.69 Å². The van der Waals surface area contributed by atoms with Gasteiger partial charge in [0.05, 0.1) is 12.9 Å². The molecule has 84 valence electrons. The highest BCUT2D eigenvalue weighted by molar-refractivity contribution is 5.74. The molecule has 0 saturated carbocycles. The lowest BCUT2D eigenvalue weighted by Crippen LogP contribution is -2.08. The van der Waals surface area contributed by atoms with Crippen LogP contribution in [-0.4, -0.2) is 20.3 Å². The Hall–Kier alpha value is -1.74. The van der Waals surface area contributed by atoms with Gasteiger partial charge in [-0.1, -0.05) is 12.1 Å². The summed E-state index contributed by atoms with van der Waals surface area (Å²) in [4.78, 5) is 0. The Morgan fingerprint density at radius 1 is 1.19 bits per heavy atom. The molecule has 0 aliphatic heterocycles. The maximum absolute atomic E-state index is 5.40. The molecule has 1 aromatic heterocycles. The van der Waals surface area contributed by atoms with E-state index in [4.69, 9.17) is 9.15 Å². The number of methoxy groups -OCH3 is 1. The van der Waals surface area contributed by atoms with Gasteiger partial charge in [0.1, 0.15) is 5.76 Å². The SMILES string of the molecule is COCCNc1ccccc1-c1ccco1. The molecule has 0 spiro atoms. The van der Waals surface area contributed by atoms with Crippen molar-refractivity contribution in [2.75, 3.05) is 25.6 Å². The fourth-order valence-corrected chi connectivity index (χ4v) is 1.57. The highest BCUT2D eigenvalue weighted by Crippen LogP contribution is 2.27. The van der Waals surface area contributed by atoms with Crippen LogP contribution in [0.3, 0.4) is 0 Å². The fourth-order valence-electron chi connectivity index (χ4n) is 1.57. The lowest BCUT2D eigenvalue weighted by atomic mass is 10.1. The summed E-state index contributed by atoms with van der Waals surface area (Å²) in [5.74, 6) is 0.875. The molecule has 1 N–H and O–H groups in total. The second kappa shape index (κ2) is 5.37. The van der Waals surface area contributed by atoms with Gasteiger partial charge in [0.15, 0.2) is 0 Å². The molecule has 2 rings (SSSR count). The Morgan fingerprint density at radius 3 is 2.81 bits per heavy atom. The Morgan fingerprint density at radius 2 is 2.06 bits per heavy atom. The van der Waals surface area contributed by atoms with E-state index in [9.17, 15) is 0 Å². The smallest absolute Gasteiger partial charge is 0.135 e. The first-order valence-electron chi connectivity index (χ1n) is 5.27. The molecule has 0 aliphatic rings. The molecular formula is C13H15NO2. The summed E-state index contributed by atoms with van der Waals surface area (Å²) in [6.45, 7) is 1.47. The highest BCUT2D eigenvalue weighted by Gasteiger charge is 2.05. The van der Waals surface area contributed by atoms with Gasteiger partial charge in [0.2, 0.25) is 0 Å². The summed E-state index contributed by atoms with van der Waals surface area (Å²) >= 11 is 0. The second-order valence-electron chi connectivity index (χ2n) is 3.44. The minimum atomic E-state index is 0.687. The van der Waals surface area contributed by atoms with Crippen LogP contribution in [0.5, 0.6) is 0 Å². The van der Waals surface area contributed by atoms with Crippen LogP contribution in [0.4, 0.5) is 5.69 Å². The summed E-state index contributed by atoms with van der Waals surface area (Å²) in [5, 5.41) is 3.32. The molecule has 3 nitrogen and oxygen atoms in total. The first kappa shape index (κ1) is 10.8. The number of nitrogens with one attached hydrogen (secondary N) is 1. The molecule has 0 amide bonds. The van der Waals surface area contributed by atoms with Gasteiger partial charge in [-0.2, -0.15) is 0 Å². The van der Waals surface area contributed by atoms with Crippen LogP contribution in [0, 0.1) is 0 Å². The number of rotatable bonds is 5. The molecule has 0 bridgehead atoms. The summed E-state index contributed by atoms with van der Waals surface area (Å²) in [6.07, 6.45) is 1.68. The zero-order valence-corrected chi connectivity index (χ0v) is 9.27. The number of anilines is 1. The summed E-state index contributed by atoms with van der Waals surface area (Å²) in [7, 11) is 1.69. The van der Waals surface area contributed by atoms with Crippen LogP contribution < -0.4 is 5.32 Å². The predicted octanol–water partition coefficient (Wildman–Crippen LogP) is 3.00. The van der Waals surface area contributed by atoms with Crippen LogP contribution in [0.1, 0.15) is 0 Å². The minimum absolute atomic E-state index is 0.687. The number of benzene rings is 1. The lowest BCUT2D eigenvalue weighted by molar-refractivity contribution is 0.211. The van der Waals surface area contributed by atoms with Gasteiger partial charge in [-0.3, -0.25) is 0 Å². The zero-order valence-electron chi connectivity index (χ0n) is 9.27. The molecule has 0 atom stereocenters. The van der Waals surface area contributed by atoms with E-state index in [0.29, 0.717) is 6.61 Å². The highest BCUT2D eigenvalue weighted by atomic mass is 16.5. The van der Waals surface area contributed by atoms with E-state index in [0.717, 1.165) is 23.6 Å². The molecular weight excluding hydrogens is 202 g/mol. The minimum Gasteiger partial charge on any atom is -0.464 e. The largest absolute Gasteiger partial charge is 0.464 e. The first-order chi connectivity index (χ1) is 7.92. The molecule has 2 aromatic rings. The third-order valence-electron chi connectivity index (χ3n) is 2.34. The van der Waals surface area contributed by atoms with Crippen LogP contribution in [-0.2, 0) is 4.74 Å². The van der Waals surface area contributed by atoms with Gasteiger partial charge < -0.3 is 14.5 Å². The average Bonchev–Trinajstić information content (AvgIpc) is 2.83. The summed E-state index contributed by atoms with van der Waals surface area (Å²) < 4.78 is 10.4. The quantitative estimate of drug-likeness (QED) is 0.782. The Labute approximate surface area is 95.0 Å². The van der Waals surface area contributed by atoms with E-state index in [2.05, 4.69) is 5.32 Å². The van der Waals surface area contributed by atoms with E-state index >= 15 is 0 Å². The number of hydrogen-bond acceptors (Lipinski definition) is 3. The summed E-state index contributed by atoms with van der Waals surface area (Å²) in [5.41, 5.74) is 2.14. The third kappa shape index (κ3) is 2.44. The fraction of sp³-hybridized carbons (Fsp3) is 0.231. The Bertz CT molecular complexity index is 423. The standard InChI is InChI=1S/C13H15NO2/c1-15-10-8-14-12-6-3-2-5-11(12)13-7-4-9-16-13/h2-7,9,14H,8,10H2,1H3. The Balaban J connectivity index is 2.18. The van der Waals surface area contributed by atoms with Gasteiger partial charge in [-0.25, -0.2) is 0 Å². The normalized spacial score (nSPS) is 10.3. The average molecular weight is 217 g/mol. The van der Waals surface area contributed by atoms with E-state index in [1.807, 2.05) is 36.4 Å². The van der Waals surface area contributed by atoms with Crippen molar-refractivity contribution in [2.45, 2.75) is 0 Å². The van der Waals surface area contributed by atoms with Gasteiger partial charge in [0.25, 0.3) is 0 Å². The number of ether oxygens (including phenoxy) is 1. The molecule has 0 saturated heterocycles. The predicted molar refractivity (Wildman–Crippen MR) is 64.5 cm³/mol. The zero-order chi connectivity index (χ0) is 11.2. The van der Waals surface area contributed by atoms with Crippen molar-refractivity contribution < 1.29 is 9.15 Å². The van der Waals surface area contributed by atoms with E-state index < -0.39 is 0 Å². The van der Waals surface area contributed by atoms with Crippen molar-refractivity contribution in [3.05, 3.63) is 42.7 Å². The maximum Gasteiger partial charge on any atom is 0.135 e. The van der Waals surface area contributed by atoms with Crippen molar-refractivity contribution in [1.29, 1.82) is 0 Å². The molecule has 0 radical (unpaired) electrons. The van der Waals surface area contributed by atoms with Gasteiger partial charge >= 0.3 is 0 Å². The van der Waals surface area contributed by atoms with Crippen LogP contribution in [0.2, 0.25) is 0 Å². The van der Waals surface area contributed by atoms with Crippen molar-refractivity contribution in [3.8, 4) is 11.3 Å². The lowest BCUT2D eigenvalue weighted by Gasteiger charge is -2.09. The third-order valence-corrected chi connectivity index (χ3v) is 2.34. The van der Waals surface area contributed by atoms with Gasteiger partial charge in [-0.15, -0.1) is 0 Å². The van der Waals surface area contributed by atoms with E-state index in [1.165, 1.54) is 0 Å². The van der Waals surface area contributed by atoms with Crippen molar-refractivity contribution in [1.82, 2.24) is 0 Å². The number of furan rings is 1. The van der Waals surface area contributed by atoms with Crippen LogP contribution >= 0.6 is 0 Å². The number of hydrogen-bond donors (Lipinski definition) is 1. The van der Waals surface area contributed by atoms with Crippen LogP contribution in [0.25, 0.3) is 11.3 Å². The second-order valence-corrected chi connectivity index (χ2v) is 3.44. The molecule has 0 unspecified atom stereocenters. The van der Waals surface area contributed by atoms with Gasteiger partial charge in [-0.05, 0) is 24.3 Å².